The molecule has 17 nitrogen and oxygen atoms in total. The lowest BCUT2D eigenvalue weighted by Gasteiger charge is -2.34. The first-order valence-electron chi connectivity index (χ1n) is 21.9. The number of β-amino-alcohol motifs (C(OH)–C–C–N with tert-alkyl or cyclic N) is 1. The van der Waals surface area contributed by atoms with E-state index in [0.717, 1.165) is 21.7 Å². The lowest BCUT2D eigenvalue weighted by molar-refractivity contribution is -0.146. The molecular weight excluding hydrogens is 890 g/mol. The van der Waals surface area contributed by atoms with Crippen molar-refractivity contribution in [2.75, 3.05) is 18.9 Å². The largest absolute Gasteiger partial charge is 0.492 e. The van der Waals surface area contributed by atoms with E-state index in [1.807, 2.05) is 52.0 Å². The summed E-state index contributed by atoms with van der Waals surface area (Å²) < 4.78 is 13.4. The number of benzene rings is 2. The molecular formula is C47H56ClN7O10S. The number of ether oxygens (including phenoxy) is 2. The molecule has 66 heavy (non-hydrogen) atoms. The van der Waals surface area contributed by atoms with Crippen LogP contribution in [-0.4, -0.2) is 112 Å². The lowest BCUT2D eigenvalue weighted by Crippen LogP contribution is -2.50. The van der Waals surface area contributed by atoms with Crippen LogP contribution in [0.25, 0.3) is 21.5 Å². The van der Waals surface area contributed by atoms with E-state index in [2.05, 4.69) is 20.3 Å². The molecule has 19 heteroatoms. The zero-order valence-corrected chi connectivity index (χ0v) is 38.7. The lowest BCUT2D eigenvalue weighted by atomic mass is 9.76. The van der Waals surface area contributed by atoms with E-state index in [-0.39, 0.29) is 85.9 Å². The Labute approximate surface area is 390 Å². The summed E-state index contributed by atoms with van der Waals surface area (Å²) >= 11 is 7.96. The van der Waals surface area contributed by atoms with Crippen molar-refractivity contribution < 1.29 is 49.1 Å². The number of aryl methyl sites for hydroxylation is 1. The Morgan fingerprint density at radius 1 is 1.00 bits per heavy atom. The summed E-state index contributed by atoms with van der Waals surface area (Å²) in [5.74, 6) is -1.54. The molecule has 0 unspecified atom stereocenters. The number of nitrogens with zero attached hydrogens (tertiary/aromatic N) is 5. The Bertz CT molecular complexity index is 2550. The molecule has 5 heterocycles. The smallest absolute Gasteiger partial charge is 0.243 e. The normalized spacial score (nSPS) is 21.8. The predicted octanol–water partition coefficient (Wildman–Crippen LogP) is 4.86. The summed E-state index contributed by atoms with van der Waals surface area (Å²) in [6.45, 7) is 7.79. The van der Waals surface area contributed by atoms with Gasteiger partial charge in [-0.15, -0.1) is 11.3 Å². The molecule has 2 amide bonds. The van der Waals surface area contributed by atoms with E-state index < -0.39 is 60.0 Å². The first-order chi connectivity index (χ1) is 31.4. The van der Waals surface area contributed by atoms with Crippen LogP contribution in [0.3, 0.4) is 0 Å². The molecule has 2 fully saturated rings. The van der Waals surface area contributed by atoms with Gasteiger partial charge < -0.3 is 50.4 Å². The highest BCUT2D eigenvalue weighted by Crippen LogP contribution is 2.40. The first kappa shape index (κ1) is 48.6. The molecule has 7 rings (SSSR count). The van der Waals surface area contributed by atoms with Gasteiger partial charge in [-0.25, -0.2) is 15.0 Å². The number of hydrogen-bond donors (Lipinski definition) is 6. The molecule has 8 atom stereocenters. The third-order valence-electron chi connectivity index (χ3n) is 12.3. The van der Waals surface area contributed by atoms with Gasteiger partial charge in [0.05, 0.1) is 39.2 Å². The number of amides is 2. The molecule has 2 aliphatic heterocycles. The highest BCUT2D eigenvalue weighted by atomic mass is 35.5. The standard InChI is InChI=1S/C47H56ClN7O10S/c1-25-41(66-24-53-25)27-9-7-26(8-10-27)21-50-44(62)35-20-31(58)22-55(35)45(63)33(47(2,3)4)19-30(57)13-12-29(56)6-5-17-64-36-18-28(11-14-34(36)48)37(59)40-38(60)39(61)46(65-40)54-16-15-32-42(49)51-23-52-43(32)54/h7-11,14-16,18,23-24,31,33,35,37-40,46,58-61H,5-6,12-13,17,19-22H2,1-4H3,(H,50,62)(H2,49,51,52)/t31-,33-,35+,37-,38+,39-,40-,46-/m1/s1. The van der Waals surface area contributed by atoms with Crippen LogP contribution in [0.4, 0.5) is 5.82 Å². The fourth-order valence-corrected chi connectivity index (χ4v) is 9.48. The number of anilines is 1. The molecule has 352 valence electrons. The van der Waals surface area contributed by atoms with Gasteiger partial charge in [-0.2, -0.15) is 0 Å². The number of nitrogens with two attached hydrogens (primary N) is 1. The number of halogens is 1. The second-order valence-electron chi connectivity index (χ2n) is 18.1. The van der Waals surface area contributed by atoms with Crippen molar-refractivity contribution in [3.8, 4) is 16.2 Å². The maximum absolute atomic E-state index is 14.1. The van der Waals surface area contributed by atoms with E-state index in [1.54, 1.807) is 35.2 Å². The predicted molar refractivity (Wildman–Crippen MR) is 246 cm³/mol. The Morgan fingerprint density at radius 2 is 1.74 bits per heavy atom. The van der Waals surface area contributed by atoms with Crippen LogP contribution in [0.2, 0.25) is 5.02 Å². The number of aliphatic hydroxyl groups is 4. The van der Waals surface area contributed by atoms with Crippen LogP contribution in [0.5, 0.6) is 5.75 Å². The van der Waals surface area contributed by atoms with E-state index in [9.17, 15) is 39.6 Å². The fourth-order valence-electron chi connectivity index (χ4n) is 8.49. The maximum atomic E-state index is 14.1. The average Bonchev–Trinajstić information content (AvgIpc) is 4.08. The van der Waals surface area contributed by atoms with Crippen LogP contribution in [0, 0.1) is 18.3 Å². The van der Waals surface area contributed by atoms with Gasteiger partial charge in [-0.1, -0.05) is 62.7 Å². The van der Waals surface area contributed by atoms with Crippen molar-refractivity contribution in [1.29, 1.82) is 0 Å². The summed E-state index contributed by atoms with van der Waals surface area (Å²) in [6.07, 6.45) is -4.33. The zero-order valence-electron chi connectivity index (χ0n) is 37.2. The minimum absolute atomic E-state index is 0.0275. The number of rotatable bonds is 18. The number of aromatic nitrogens is 4. The zero-order chi connectivity index (χ0) is 47.4. The molecule has 0 saturated carbocycles. The van der Waals surface area contributed by atoms with Gasteiger partial charge in [0.2, 0.25) is 11.8 Å². The van der Waals surface area contributed by atoms with Crippen LogP contribution in [0.15, 0.2) is 66.6 Å². The van der Waals surface area contributed by atoms with Crippen LogP contribution in [-0.2, 0) is 30.5 Å². The molecule has 3 aromatic heterocycles. The van der Waals surface area contributed by atoms with Crippen LogP contribution < -0.4 is 15.8 Å². The van der Waals surface area contributed by atoms with Crippen molar-refractivity contribution >= 4 is 63.2 Å². The topological polar surface area (TPSA) is 253 Å². The molecule has 0 spiro atoms. The highest BCUT2D eigenvalue weighted by Gasteiger charge is 2.48. The second-order valence-corrected chi connectivity index (χ2v) is 19.3. The van der Waals surface area contributed by atoms with E-state index in [1.165, 1.54) is 27.9 Å². The molecule has 7 N–H and O–H groups in total. The number of hydrogen-bond acceptors (Lipinski definition) is 15. The number of ketones is 2. The van der Waals surface area contributed by atoms with Gasteiger partial charge in [0.15, 0.2) is 6.23 Å². The number of Topliss-reactive ketones (excluding diaryl/α,β-unsaturated/α-hetero) is 2. The van der Waals surface area contributed by atoms with Crippen molar-refractivity contribution in [2.24, 2.45) is 11.3 Å². The van der Waals surface area contributed by atoms with E-state index >= 15 is 0 Å². The number of carbonyl (C=O) groups is 4. The monoisotopic (exact) mass is 945 g/mol. The van der Waals surface area contributed by atoms with E-state index in [4.69, 9.17) is 26.8 Å². The Morgan fingerprint density at radius 3 is 2.45 bits per heavy atom. The minimum Gasteiger partial charge on any atom is -0.492 e. The van der Waals surface area contributed by atoms with E-state index in [0.29, 0.717) is 23.0 Å². The summed E-state index contributed by atoms with van der Waals surface area (Å²) in [4.78, 5) is 68.8. The third kappa shape index (κ3) is 10.9. The molecule has 2 aromatic carbocycles. The van der Waals surface area contributed by atoms with Gasteiger partial charge in [0.25, 0.3) is 0 Å². The Kier molecular flexibility index (Phi) is 15.2. The number of nitrogens with one attached hydrogen (secondary N) is 1. The van der Waals surface area contributed by atoms with Crippen LogP contribution >= 0.6 is 22.9 Å². The summed E-state index contributed by atoms with van der Waals surface area (Å²) in [7, 11) is 0. The van der Waals surface area contributed by atoms with Gasteiger partial charge in [0.1, 0.15) is 65.6 Å². The summed E-state index contributed by atoms with van der Waals surface area (Å²) in [5, 5.41) is 47.4. The number of thiazole rings is 1. The number of carbonyl (C=O) groups excluding carboxylic acids is 4. The van der Waals surface area contributed by atoms with Crippen molar-refractivity contribution in [1.82, 2.24) is 29.7 Å². The van der Waals surface area contributed by atoms with Gasteiger partial charge in [0, 0.05) is 57.3 Å². The molecule has 0 bridgehead atoms. The summed E-state index contributed by atoms with van der Waals surface area (Å²) in [5.41, 5.74) is 10.6. The average molecular weight is 947 g/mol. The van der Waals surface area contributed by atoms with Crippen molar-refractivity contribution in [2.45, 2.75) is 116 Å². The molecule has 2 aliphatic rings. The van der Waals surface area contributed by atoms with Crippen molar-refractivity contribution in [3.63, 3.8) is 0 Å². The number of likely N-dealkylation sites (tertiary alicyclic amines) is 1. The molecule has 2 saturated heterocycles. The Balaban J connectivity index is 0.866. The maximum Gasteiger partial charge on any atom is 0.243 e. The quantitative estimate of drug-likeness (QED) is 0.0643. The van der Waals surface area contributed by atoms with Gasteiger partial charge >= 0.3 is 0 Å². The van der Waals surface area contributed by atoms with Crippen molar-refractivity contribution in [3.05, 3.63) is 88.4 Å². The first-order valence-corrected chi connectivity index (χ1v) is 23.1. The fraction of sp³-hybridized carbons (Fsp3) is 0.468. The molecule has 0 aliphatic carbocycles. The van der Waals surface area contributed by atoms with Gasteiger partial charge in [-0.3, -0.25) is 19.2 Å². The van der Waals surface area contributed by atoms with Gasteiger partial charge in [-0.05, 0) is 53.6 Å². The number of aliphatic hydroxyl groups excluding tert-OH is 4. The molecule has 0 radical (unpaired) electrons. The SMILES string of the molecule is Cc1ncsc1-c1ccc(CNC(=O)[C@@H]2C[C@@H](O)CN2C(=O)[C@@H](CC(=O)CCC(=O)CCCOc2cc([C@@H](O)[C@H]3O[C@@H](n4ccc5c(N)ncnc54)[C@H](O)[C@@H]3O)ccc2Cl)C(C)(C)C)cc1. The Hall–Kier alpha value is -5.34. The number of fused-ring (bicyclic) bond motifs is 1. The van der Waals surface area contributed by atoms with Crippen LogP contribution in [0.1, 0.15) is 88.4 Å². The number of nitrogen functional groups attached to an aromatic ring is 1. The second kappa shape index (κ2) is 20.7. The molecule has 5 aromatic rings. The third-order valence-corrected chi connectivity index (χ3v) is 13.6. The minimum atomic E-state index is -1.47. The summed E-state index contributed by atoms with van der Waals surface area (Å²) in [6, 6.07) is 13.1. The highest BCUT2D eigenvalue weighted by molar-refractivity contribution is 7.13.